The third-order valence-electron chi connectivity index (χ3n) is 2.45. The van der Waals surface area contributed by atoms with Crippen molar-refractivity contribution in [3.05, 3.63) is 15.6 Å². The van der Waals surface area contributed by atoms with Gasteiger partial charge in [-0.2, -0.15) is 0 Å². The number of hydrogen-bond donors (Lipinski definition) is 2. The molecule has 0 aliphatic rings. The molecular formula is C14H27IN4S. The molecule has 0 aromatic carbocycles. The highest BCUT2D eigenvalue weighted by molar-refractivity contribution is 14.0. The quantitative estimate of drug-likeness (QED) is 0.455. The first-order chi connectivity index (χ1) is 8.81. The van der Waals surface area contributed by atoms with E-state index in [0.29, 0.717) is 0 Å². The molecule has 1 aromatic heterocycles. The standard InChI is InChI=1S/C14H26N4S.HI/c1-7-15-13(18-14(4,5)6)16-9-8-12-10(2)17-11(3)19-12;/h7-9H2,1-6H3,(H2,15,16,18);1H. The Bertz CT molecular complexity index is 435. The average molecular weight is 410 g/mol. The van der Waals surface area contributed by atoms with E-state index in [1.54, 1.807) is 11.3 Å². The van der Waals surface area contributed by atoms with Gasteiger partial charge in [0.15, 0.2) is 5.96 Å². The van der Waals surface area contributed by atoms with Gasteiger partial charge in [-0.25, -0.2) is 4.98 Å². The Morgan fingerprint density at radius 2 is 1.95 bits per heavy atom. The van der Waals surface area contributed by atoms with Gasteiger partial charge in [-0.15, -0.1) is 35.3 Å². The van der Waals surface area contributed by atoms with Crippen molar-refractivity contribution in [3.8, 4) is 0 Å². The molecule has 0 saturated carbocycles. The van der Waals surface area contributed by atoms with Gasteiger partial charge in [0.1, 0.15) is 0 Å². The molecule has 0 fully saturated rings. The second kappa shape index (κ2) is 8.81. The Hall–Kier alpha value is -0.370. The molecule has 0 bridgehead atoms. The van der Waals surface area contributed by atoms with Crippen molar-refractivity contribution in [1.82, 2.24) is 15.6 Å². The van der Waals surface area contributed by atoms with Crippen LogP contribution >= 0.6 is 35.3 Å². The van der Waals surface area contributed by atoms with Crippen molar-refractivity contribution >= 4 is 41.3 Å². The van der Waals surface area contributed by atoms with Crippen LogP contribution in [0.15, 0.2) is 4.99 Å². The van der Waals surface area contributed by atoms with Crippen LogP contribution in [0.25, 0.3) is 0 Å². The van der Waals surface area contributed by atoms with Crippen LogP contribution < -0.4 is 10.6 Å². The molecule has 20 heavy (non-hydrogen) atoms. The molecule has 0 unspecified atom stereocenters. The van der Waals surface area contributed by atoms with Crippen LogP contribution in [0.2, 0.25) is 0 Å². The highest BCUT2D eigenvalue weighted by atomic mass is 127. The molecule has 2 N–H and O–H groups in total. The summed E-state index contributed by atoms with van der Waals surface area (Å²) in [4.78, 5) is 10.4. The lowest BCUT2D eigenvalue weighted by atomic mass is 10.1. The van der Waals surface area contributed by atoms with E-state index < -0.39 is 0 Å². The van der Waals surface area contributed by atoms with E-state index in [9.17, 15) is 0 Å². The summed E-state index contributed by atoms with van der Waals surface area (Å²) in [5.41, 5.74) is 1.17. The molecule has 0 radical (unpaired) electrons. The summed E-state index contributed by atoms with van der Waals surface area (Å²) < 4.78 is 0. The number of nitrogens with one attached hydrogen (secondary N) is 2. The van der Waals surface area contributed by atoms with E-state index in [0.717, 1.165) is 36.2 Å². The Morgan fingerprint density at radius 3 is 2.40 bits per heavy atom. The van der Waals surface area contributed by atoms with Crippen LogP contribution in [0.3, 0.4) is 0 Å². The number of hydrogen-bond acceptors (Lipinski definition) is 3. The molecule has 4 nitrogen and oxygen atoms in total. The Kier molecular flexibility index (Phi) is 8.65. The van der Waals surface area contributed by atoms with Crippen molar-refractivity contribution < 1.29 is 0 Å². The van der Waals surface area contributed by atoms with E-state index in [-0.39, 0.29) is 29.5 Å². The lowest BCUT2D eigenvalue weighted by Gasteiger charge is -2.23. The van der Waals surface area contributed by atoms with Gasteiger partial charge in [0, 0.05) is 29.9 Å². The van der Waals surface area contributed by atoms with E-state index in [1.165, 1.54) is 4.88 Å². The molecule has 1 aromatic rings. The molecule has 1 rings (SSSR count). The smallest absolute Gasteiger partial charge is 0.191 e. The van der Waals surface area contributed by atoms with Crippen LogP contribution in [0, 0.1) is 13.8 Å². The monoisotopic (exact) mass is 410 g/mol. The summed E-state index contributed by atoms with van der Waals surface area (Å²) in [7, 11) is 0. The van der Waals surface area contributed by atoms with Gasteiger partial charge in [-0.1, -0.05) is 0 Å². The summed E-state index contributed by atoms with van der Waals surface area (Å²) in [6.07, 6.45) is 0.956. The molecule has 0 atom stereocenters. The number of nitrogens with zero attached hydrogens (tertiary/aromatic N) is 2. The summed E-state index contributed by atoms with van der Waals surface area (Å²) in [5, 5.41) is 7.80. The maximum absolute atomic E-state index is 4.62. The zero-order valence-corrected chi connectivity index (χ0v) is 16.5. The fraction of sp³-hybridized carbons (Fsp3) is 0.714. The molecule has 0 saturated heterocycles. The van der Waals surface area contributed by atoms with E-state index in [4.69, 9.17) is 0 Å². The predicted molar refractivity (Wildman–Crippen MR) is 99.6 cm³/mol. The summed E-state index contributed by atoms with van der Waals surface area (Å²) in [6, 6.07) is 0. The van der Waals surface area contributed by atoms with E-state index in [1.807, 2.05) is 0 Å². The number of aryl methyl sites for hydroxylation is 2. The number of guanidine groups is 1. The van der Waals surface area contributed by atoms with Gasteiger partial charge in [-0.3, -0.25) is 4.99 Å². The van der Waals surface area contributed by atoms with E-state index >= 15 is 0 Å². The fourth-order valence-corrected chi connectivity index (χ4v) is 2.66. The third-order valence-corrected chi connectivity index (χ3v) is 3.58. The number of halogens is 1. The van der Waals surface area contributed by atoms with E-state index in [2.05, 4.69) is 62.2 Å². The minimum Gasteiger partial charge on any atom is -0.357 e. The van der Waals surface area contributed by atoms with Crippen LogP contribution in [-0.2, 0) is 6.42 Å². The third kappa shape index (κ3) is 7.42. The lowest BCUT2D eigenvalue weighted by molar-refractivity contribution is 0.501. The Labute approximate surface area is 143 Å². The van der Waals surface area contributed by atoms with Gasteiger partial charge in [0.2, 0.25) is 0 Å². The first kappa shape index (κ1) is 19.6. The molecule has 6 heteroatoms. The van der Waals surface area contributed by atoms with Crippen LogP contribution in [0.5, 0.6) is 0 Å². The maximum Gasteiger partial charge on any atom is 0.191 e. The van der Waals surface area contributed by atoms with Crippen molar-refractivity contribution in [2.24, 2.45) is 4.99 Å². The second-order valence-corrected chi connectivity index (χ2v) is 6.91. The molecule has 116 valence electrons. The lowest BCUT2D eigenvalue weighted by Crippen LogP contribution is -2.47. The average Bonchev–Trinajstić information content (AvgIpc) is 2.55. The number of aliphatic imine (C=N–C) groups is 1. The van der Waals surface area contributed by atoms with Crippen LogP contribution in [0.1, 0.15) is 43.3 Å². The fourth-order valence-electron chi connectivity index (χ4n) is 1.74. The molecule has 0 amide bonds. The van der Waals surface area contributed by atoms with Gasteiger partial charge in [-0.05, 0) is 41.5 Å². The summed E-state index contributed by atoms with van der Waals surface area (Å²) >= 11 is 1.77. The molecule has 0 aliphatic carbocycles. The largest absolute Gasteiger partial charge is 0.357 e. The first-order valence-corrected chi connectivity index (χ1v) is 7.63. The van der Waals surface area contributed by atoms with Crippen LogP contribution in [-0.4, -0.2) is 29.6 Å². The minimum atomic E-state index is 0. The highest BCUT2D eigenvalue weighted by Crippen LogP contribution is 2.17. The van der Waals surface area contributed by atoms with Crippen molar-refractivity contribution in [1.29, 1.82) is 0 Å². The van der Waals surface area contributed by atoms with Crippen molar-refractivity contribution in [3.63, 3.8) is 0 Å². The van der Waals surface area contributed by atoms with Gasteiger partial charge >= 0.3 is 0 Å². The molecule has 0 aliphatic heterocycles. The summed E-state index contributed by atoms with van der Waals surface area (Å²) in [6.45, 7) is 14.3. The Morgan fingerprint density at radius 1 is 1.30 bits per heavy atom. The van der Waals surface area contributed by atoms with Crippen molar-refractivity contribution in [2.75, 3.05) is 13.1 Å². The molecule has 0 spiro atoms. The minimum absolute atomic E-state index is 0. The maximum atomic E-state index is 4.62. The number of thiazole rings is 1. The van der Waals surface area contributed by atoms with Crippen molar-refractivity contribution in [2.45, 2.75) is 53.5 Å². The van der Waals surface area contributed by atoms with Crippen LogP contribution in [0.4, 0.5) is 0 Å². The van der Waals surface area contributed by atoms with Gasteiger partial charge in [0.05, 0.1) is 10.7 Å². The summed E-state index contributed by atoms with van der Waals surface area (Å²) in [5.74, 6) is 0.883. The SMILES string of the molecule is CCNC(=NCCc1sc(C)nc1C)NC(C)(C)C.I. The second-order valence-electron chi connectivity index (χ2n) is 5.63. The normalized spacial score (nSPS) is 12.0. The highest BCUT2D eigenvalue weighted by Gasteiger charge is 2.11. The van der Waals surface area contributed by atoms with Gasteiger partial charge < -0.3 is 10.6 Å². The molecular weight excluding hydrogens is 383 g/mol. The number of rotatable bonds is 4. The predicted octanol–water partition coefficient (Wildman–Crippen LogP) is 3.27. The first-order valence-electron chi connectivity index (χ1n) is 6.81. The zero-order chi connectivity index (χ0) is 14.5. The van der Waals surface area contributed by atoms with Gasteiger partial charge in [0.25, 0.3) is 0 Å². The molecule has 1 heterocycles. The number of aromatic nitrogens is 1. The zero-order valence-electron chi connectivity index (χ0n) is 13.3. The topological polar surface area (TPSA) is 49.3 Å². The Balaban J connectivity index is 0.00000361.